The Kier molecular flexibility index (Phi) is 6.59. The summed E-state index contributed by atoms with van der Waals surface area (Å²) in [5.74, 6) is -0.387. The molecule has 0 fully saturated rings. The van der Waals surface area contributed by atoms with Gasteiger partial charge in [0.05, 0.1) is 0 Å². The van der Waals surface area contributed by atoms with E-state index < -0.39 is 6.04 Å². The molecule has 25 heavy (non-hydrogen) atoms. The minimum atomic E-state index is -0.615. The van der Waals surface area contributed by atoms with E-state index in [4.69, 9.17) is 11.6 Å². The van der Waals surface area contributed by atoms with Crippen molar-refractivity contribution < 1.29 is 9.59 Å². The van der Waals surface area contributed by atoms with Crippen LogP contribution in [0.2, 0.25) is 5.02 Å². The van der Waals surface area contributed by atoms with Crippen molar-refractivity contribution in [2.45, 2.75) is 33.4 Å². The maximum absolute atomic E-state index is 12.7. The van der Waals surface area contributed by atoms with Crippen LogP contribution in [-0.2, 0) is 11.3 Å². The quantitative estimate of drug-likeness (QED) is 0.853. The first-order chi connectivity index (χ1) is 11.9. The van der Waals surface area contributed by atoms with Crippen LogP contribution in [-0.4, -0.2) is 29.3 Å². The van der Waals surface area contributed by atoms with E-state index in [9.17, 15) is 9.59 Å². The molecule has 1 unspecified atom stereocenters. The second kappa shape index (κ2) is 8.67. The molecule has 2 rings (SSSR count). The molecule has 1 N–H and O–H groups in total. The molecule has 0 radical (unpaired) electrons. The summed E-state index contributed by atoms with van der Waals surface area (Å²) in [4.78, 5) is 26.7. The Morgan fingerprint density at radius 1 is 1.16 bits per heavy atom. The highest BCUT2D eigenvalue weighted by Gasteiger charge is 2.22. The summed E-state index contributed by atoms with van der Waals surface area (Å²) in [6.07, 6.45) is 0. The highest BCUT2D eigenvalue weighted by molar-refractivity contribution is 6.31. The van der Waals surface area contributed by atoms with Crippen LogP contribution < -0.4 is 5.32 Å². The Morgan fingerprint density at radius 3 is 2.52 bits per heavy atom. The number of likely N-dealkylation sites (N-methyl/N-ethyl adjacent to an activating group) is 1. The number of aryl methyl sites for hydroxylation is 1. The number of nitrogens with zero attached hydrogens (tertiary/aromatic N) is 1. The average Bonchev–Trinajstić information content (AvgIpc) is 2.60. The van der Waals surface area contributed by atoms with Gasteiger partial charge in [-0.1, -0.05) is 47.5 Å². The normalized spacial score (nSPS) is 11.7. The molecule has 0 aliphatic heterocycles. The summed E-state index contributed by atoms with van der Waals surface area (Å²) in [5.41, 5.74) is 2.44. The predicted octanol–water partition coefficient (Wildman–Crippen LogP) is 3.82. The summed E-state index contributed by atoms with van der Waals surface area (Å²) in [6.45, 7) is 6.48. The molecule has 0 aromatic heterocycles. The molecule has 4 nitrogen and oxygen atoms in total. The SMILES string of the molecule is CCN(Cc1ccccc1Cl)C(=O)C(C)NC(=O)c1cccc(C)c1. The third kappa shape index (κ3) is 5.07. The number of halogens is 1. The molecular formula is C20H23ClN2O2. The summed E-state index contributed by atoms with van der Waals surface area (Å²) in [6, 6.07) is 14.1. The Bertz CT molecular complexity index is 761. The van der Waals surface area contributed by atoms with E-state index in [2.05, 4.69) is 5.32 Å². The third-order valence-corrected chi connectivity index (χ3v) is 4.38. The molecular weight excluding hydrogens is 336 g/mol. The van der Waals surface area contributed by atoms with E-state index in [0.29, 0.717) is 23.7 Å². The number of hydrogen-bond donors (Lipinski definition) is 1. The Labute approximate surface area is 153 Å². The van der Waals surface area contributed by atoms with Gasteiger partial charge in [-0.05, 0) is 44.5 Å². The summed E-state index contributed by atoms with van der Waals surface area (Å²) in [7, 11) is 0. The molecule has 1 atom stereocenters. The topological polar surface area (TPSA) is 49.4 Å². The van der Waals surface area contributed by atoms with Crippen LogP contribution in [0.25, 0.3) is 0 Å². The smallest absolute Gasteiger partial charge is 0.251 e. The molecule has 2 aromatic carbocycles. The lowest BCUT2D eigenvalue weighted by Crippen LogP contribution is -2.46. The van der Waals surface area contributed by atoms with Crippen molar-refractivity contribution in [1.29, 1.82) is 0 Å². The number of nitrogens with one attached hydrogen (secondary N) is 1. The van der Waals surface area contributed by atoms with Gasteiger partial charge in [-0.15, -0.1) is 0 Å². The minimum absolute atomic E-state index is 0.136. The minimum Gasteiger partial charge on any atom is -0.341 e. The van der Waals surface area contributed by atoms with Gasteiger partial charge in [0.1, 0.15) is 6.04 Å². The molecule has 5 heteroatoms. The second-order valence-corrected chi connectivity index (χ2v) is 6.42. The van der Waals surface area contributed by atoms with E-state index in [1.807, 2.05) is 44.2 Å². The number of carbonyl (C=O) groups is 2. The van der Waals surface area contributed by atoms with Crippen molar-refractivity contribution in [2.75, 3.05) is 6.54 Å². The van der Waals surface area contributed by atoms with Gasteiger partial charge in [0.15, 0.2) is 0 Å². The number of rotatable bonds is 6. The average molecular weight is 359 g/mol. The fourth-order valence-corrected chi connectivity index (χ4v) is 2.78. The zero-order valence-electron chi connectivity index (χ0n) is 14.8. The maximum atomic E-state index is 12.7. The van der Waals surface area contributed by atoms with Gasteiger partial charge in [-0.3, -0.25) is 9.59 Å². The monoisotopic (exact) mass is 358 g/mol. The Hall–Kier alpha value is -2.33. The molecule has 0 heterocycles. The number of benzene rings is 2. The van der Waals surface area contributed by atoms with Crippen molar-refractivity contribution in [3.05, 3.63) is 70.2 Å². The Balaban J connectivity index is 2.04. The summed E-state index contributed by atoms with van der Waals surface area (Å²) < 4.78 is 0. The number of hydrogen-bond acceptors (Lipinski definition) is 2. The summed E-state index contributed by atoms with van der Waals surface area (Å²) >= 11 is 6.18. The van der Waals surface area contributed by atoms with Crippen molar-refractivity contribution in [3.8, 4) is 0 Å². The number of carbonyl (C=O) groups excluding carboxylic acids is 2. The second-order valence-electron chi connectivity index (χ2n) is 6.01. The fraction of sp³-hybridized carbons (Fsp3) is 0.300. The van der Waals surface area contributed by atoms with Crippen LogP contribution in [0.1, 0.15) is 35.3 Å². The lowest BCUT2D eigenvalue weighted by atomic mass is 10.1. The lowest BCUT2D eigenvalue weighted by molar-refractivity contribution is -0.133. The van der Waals surface area contributed by atoms with Gasteiger partial charge in [-0.25, -0.2) is 0 Å². The molecule has 0 bridgehead atoms. The van der Waals surface area contributed by atoms with Crippen LogP contribution in [0, 0.1) is 6.92 Å². The molecule has 0 aliphatic rings. The molecule has 0 spiro atoms. The van der Waals surface area contributed by atoms with Gasteiger partial charge < -0.3 is 10.2 Å². The Morgan fingerprint density at radius 2 is 1.88 bits per heavy atom. The molecule has 0 saturated carbocycles. The maximum Gasteiger partial charge on any atom is 0.251 e. The van der Waals surface area contributed by atoms with Gasteiger partial charge in [0.25, 0.3) is 5.91 Å². The first-order valence-corrected chi connectivity index (χ1v) is 8.70. The fourth-order valence-electron chi connectivity index (χ4n) is 2.58. The van der Waals surface area contributed by atoms with Crippen LogP contribution in [0.3, 0.4) is 0 Å². The van der Waals surface area contributed by atoms with Crippen molar-refractivity contribution >= 4 is 23.4 Å². The van der Waals surface area contributed by atoms with Crippen LogP contribution >= 0.6 is 11.6 Å². The zero-order chi connectivity index (χ0) is 18.4. The lowest BCUT2D eigenvalue weighted by Gasteiger charge is -2.25. The molecule has 2 amide bonds. The van der Waals surface area contributed by atoms with Crippen molar-refractivity contribution in [2.24, 2.45) is 0 Å². The van der Waals surface area contributed by atoms with Crippen molar-refractivity contribution in [1.82, 2.24) is 10.2 Å². The molecule has 132 valence electrons. The largest absolute Gasteiger partial charge is 0.341 e. The molecule has 2 aromatic rings. The van der Waals surface area contributed by atoms with E-state index >= 15 is 0 Å². The predicted molar refractivity (Wildman–Crippen MR) is 101 cm³/mol. The first kappa shape index (κ1) is 19.0. The van der Waals surface area contributed by atoms with Crippen LogP contribution in [0.4, 0.5) is 0 Å². The van der Waals surface area contributed by atoms with Gasteiger partial charge in [0, 0.05) is 23.7 Å². The number of amides is 2. The molecule has 0 aliphatic carbocycles. The summed E-state index contributed by atoms with van der Waals surface area (Å²) in [5, 5.41) is 3.41. The standard InChI is InChI=1S/C20H23ClN2O2/c1-4-23(13-17-9-5-6-11-18(17)21)20(25)15(3)22-19(24)16-10-7-8-14(2)12-16/h5-12,15H,4,13H2,1-3H3,(H,22,24). The third-order valence-electron chi connectivity index (χ3n) is 4.01. The van der Waals surface area contributed by atoms with E-state index in [0.717, 1.165) is 11.1 Å². The van der Waals surface area contributed by atoms with Gasteiger partial charge >= 0.3 is 0 Å². The zero-order valence-corrected chi connectivity index (χ0v) is 15.5. The van der Waals surface area contributed by atoms with E-state index in [1.165, 1.54) is 0 Å². The first-order valence-electron chi connectivity index (χ1n) is 8.32. The highest BCUT2D eigenvalue weighted by atomic mass is 35.5. The van der Waals surface area contributed by atoms with Crippen molar-refractivity contribution in [3.63, 3.8) is 0 Å². The molecule has 0 saturated heterocycles. The van der Waals surface area contributed by atoms with Gasteiger partial charge in [-0.2, -0.15) is 0 Å². The highest BCUT2D eigenvalue weighted by Crippen LogP contribution is 2.17. The van der Waals surface area contributed by atoms with E-state index in [-0.39, 0.29) is 11.8 Å². The van der Waals surface area contributed by atoms with Gasteiger partial charge in [0.2, 0.25) is 5.91 Å². The van der Waals surface area contributed by atoms with E-state index in [1.54, 1.807) is 30.0 Å². The van der Waals surface area contributed by atoms with Crippen LogP contribution in [0.5, 0.6) is 0 Å². The van der Waals surface area contributed by atoms with Crippen LogP contribution in [0.15, 0.2) is 48.5 Å².